The molecule has 0 aliphatic heterocycles. The molecule has 0 bridgehead atoms. The fourth-order valence-electron chi connectivity index (χ4n) is 2.83. The molecule has 0 saturated carbocycles. The monoisotopic (exact) mass is 346 g/mol. The summed E-state index contributed by atoms with van der Waals surface area (Å²) in [6.07, 6.45) is 17.6. The van der Waals surface area contributed by atoms with Gasteiger partial charge in [0.1, 0.15) is 6.67 Å². The average Bonchev–Trinajstić information content (AvgIpc) is 3.06. The Morgan fingerprint density at radius 1 is 1.21 bits per heavy atom. The lowest BCUT2D eigenvalue weighted by atomic mass is 9.96. The molecular weight excluding hydrogens is 323 g/mol. The first-order valence-corrected chi connectivity index (χ1v) is 9.61. The second-order valence-corrected chi connectivity index (χ2v) is 7.42. The Labute approximate surface area is 144 Å². The third kappa shape index (κ3) is 4.94. The van der Waals surface area contributed by atoms with Gasteiger partial charge in [-0.3, -0.25) is 0 Å². The van der Waals surface area contributed by atoms with Gasteiger partial charge in [0.25, 0.3) is 0 Å². The number of rotatable bonds is 5. The Bertz CT molecular complexity index is 764. The zero-order valence-corrected chi connectivity index (χ0v) is 14.9. The van der Waals surface area contributed by atoms with E-state index in [9.17, 15) is 12.8 Å². The highest BCUT2D eigenvalue weighted by molar-refractivity contribution is 7.90. The largest absolute Gasteiger partial charge is 0.247 e. The number of halogens is 1. The molecule has 0 amide bonds. The van der Waals surface area contributed by atoms with Crippen LogP contribution in [0.2, 0.25) is 0 Å². The van der Waals surface area contributed by atoms with E-state index < -0.39 is 16.5 Å². The molecule has 24 heavy (non-hydrogen) atoms. The molecule has 4 heteroatoms. The van der Waals surface area contributed by atoms with Gasteiger partial charge in [0, 0.05) is 6.26 Å². The molecule has 128 valence electrons. The van der Waals surface area contributed by atoms with Crippen LogP contribution in [-0.4, -0.2) is 21.3 Å². The van der Waals surface area contributed by atoms with Gasteiger partial charge < -0.3 is 0 Å². The number of sulfone groups is 1. The van der Waals surface area contributed by atoms with Crippen LogP contribution in [-0.2, 0) is 9.84 Å². The minimum atomic E-state index is -3.17. The van der Waals surface area contributed by atoms with Crippen LogP contribution < -0.4 is 0 Å². The highest BCUT2D eigenvalue weighted by Gasteiger charge is 2.18. The molecule has 2 rings (SSSR count). The van der Waals surface area contributed by atoms with Crippen molar-refractivity contribution in [1.29, 1.82) is 0 Å². The number of hydrogen-bond donors (Lipinski definition) is 0. The van der Waals surface area contributed by atoms with E-state index in [1.54, 1.807) is 12.1 Å². The van der Waals surface area contributed by atoms with Gasteiger partial charge in [-0.15, -0.1) is 12.8 Å². The van der Waals surface area contributed by atoms with Gasteiger partial charge in [-0.1, -0.05) is 30.4 Å². The molecule has 0 unspecified atom stereocenters. The first kappa shape index (κ1) is 19.9. The summed E-state index contributed by atoms with van der Waals surface area (Å²) in [6, 6.07) is 7.03. The lowest BCUT2D eigenvalue weighted by Gasteiger charge is -2.10. The van der Waals surface area contributed by atoms with E-state index in [0.29, 0.717) is 4.90 Å². The van der Waals surface area contributed by atoms with Crippen molar-refractivity contribution < 1.29 is 12.8 Å². The quantitative estimate of drug-likeness (QED) is 0.569. The minimum absolute atomic E-state index is 0.333. The van der Waals surface area contributed by atoms with Gasteiger partial charge in [-0.2, -0.15) is 0 Å². The topological polar surface area (TPSA) is 34.1 Å². The standard InChI is InChI=1S/C18H21FO2S.C2H2/c1-3-14(6-5-13-19)17-7-4-8-18(17)15-9-11-16(12-10-15)22(2,20)21;1-2/h3,5-6,9-12H,4,7-8,13H2,1-2H3;1-2H/b6-5-,14-3+;. The van der Waals surface area contributed by atoms with Crippen molar-refractivity contribution in [2.24, 2.45) is 0 Å². The highest BCUT2D eigenvalue weighted by atomic mass is 32.2. The first-order valence-electron chi connectivity index (χ1n) is 7.72. The summed E-state index contributed by atoms with van der Waals surface area (Å²) in [4.78, 5) is 0.333. The third-order valence-corrected chi connectivity index (χ3v) is 5.02. The van der Waals surface area contributed by atoms with Gasteiger partial charge in [0.2, 0.25) is 0 Å². The second-order valence-electron chi connectivity index (χ2n) is 5.41. The fourth-order valence-corrected chi connectivity index (χ4v) is 3.46. The molecule has 1 aromatic carbocycles. The summed E-state index contributed by atoms with van der Waals surface area (Å²) in [6.45, 7) is 1.48. The van der Waals surface area contributed by atoms with Crippen LogP contribution >= 0.6 is 0 Å². The molecule has 1 aromatic rings. The van der Waals surface area contributed by atoms with Crippen LogP contribution in [0, 0.1) is 12.8 Å². The van der Waals surface area contributed by atoms with Crippen LogP contribution in [0.4, 0.5) is 4.39 Å². The van der Waals surface area contributed by atoms with E-state index >= 15 is 0 Å². The lowest BCUT2D eigenvalue weighted by Crippen LogP contribution is -1.97. The smallest absolute Gasteiger partial charge is 0.175 e. The minimum Gasteiger partial charge on any atom is -0.247 e. The summed E-state index contributed by atoms with van der Waals surface area (Å²) in [5.74, 6) is 0. The molecule has 0 saturated heterocycles. The van der Waals surface area contributed by atoms with E-state index in [4.69, 9.17) is 0 Å². The SMILES string of the molecule is C#C.C/C=C(\C=C/CF)C1=C(c2ccc(S(C)(=O)=O)cc2)CCC1. The van der Waals surface area contributed by atoms with Crippen molar-refractivity contribution in [2.75, 3.05) is 12.9 Å². The molecule has 2 nitrogen and oxygen atoms in total. The second kappa shape index (κ2) is 9.24. The molecule has 0 spiro atoms. The Morgan fingerprint density at radius 3 is 2.33 bits per heavy atom. The number of terminal acetylenes is 1. The van der Waals surface area contributed by atoms with Crippen LogP contribution in [0.5, 0.6) is 0 Å². The molecule has 1 aliphatic rings. The third-order valence-electron chi connectivity index (χ3n) is 3.89. The van der Waals surface area contributed by atoms with Crippen molar-refractivity contribution >= 4 is 15.4 Å². The molecular formula is C20H23FO2S. The fraction of sp³-hybridized carbons (Fsp3) is 0.300. The Kier molecular flexibility index (Phi) is 7.67. The number of alkyl halides is 1. The Morgan fingerprint density at radius 2 is 1.83 bits per heavy atom. The Hall–Kier alpha value is -2.12. The van der Waals surface area contributed by atoms with Gasteiger partial charge in [0.15, 0.2) is 9.84 Å². The van der Waals surface area contributed by atoms with Crippen LogP contribution in [0.15, 0.2) is 58.5 Å². The van der Waals surface area contributed by atoms with Crippen LogP contribution in [0.1, 0.15) is 31.7 Å². The normalized spacial score (nSPS) is 15.5. The van der Waals surface area contributed by atoms with E-state index in [-0.39, 0.29) is 0 Å². The zero-order chi connectivity index (χ0) is 18.2. The number of hydrogen-bond acceptors (Lipinski definition) is 2. The zero-order valence-electron chi connectivity index (χ0n) is 14.1. The van der Waals surface area contributed by atoms with Gasteiger partial charge in [-0.25, -0.2) is 12.8 Å². The average molecular weight is 346 g/mol. The maximum absolute atomic E-state index is 12.4. The van der Waals surface area contributed by atoms with E-state index in [1.807, 2.05) is 31.2 Å². The highest BCUT2D eigenvalue weighted by Crippen LogP contribution is 2.38. The maximum atomic E-state index is 12.4. The summed E-state index contributed by atoms with van der Waals surface area (Å²) >= 11 is 0. The van der Waals surface area contributed by atoms with E-state index in [1.165, 1.54) is 23.5 Å². The van der Waals surface area contributed by atoms with Crippen molar-refractivity contribution in [3.05, 3.63) is 59.2 Å². The van der Waals surface area contributed by atoms with Gasteiger partial charge in [0.05, 0.1) is 4.90 Å². The number of allylic oxidation sites excluding steroid dienone is 6. The lowest BCUT2D eigenvalue weighted by molar-refractivity contribution is 0.561. The number of benzene rings is 1. The first-order chi connectivity index (χ1) is 11.5. The molecule has 0 aromatic heterocycles. The van der Waals surface area contributed by atoms with Crippen molar-refractivity contribution in [3.8, 4) is 12.8 Å². The maximum Gasteiger partial charge on any atom is 0.175 e. The molecule has 0 atom stereocenters. The predicted molar refractivity (Wildman–Crippen MR) is 99.1 cm³/mol. The van der Waals surface area contributed by atoms with Crippen LogP contribution in [0.25, 0.3) is 5.57 Å². The van der Waals surface area contributed by atoms with Crippen molar-refractivity contribution in [3.63, 3.8) is 0 Å². The van der Waals surface area contributed by atoms with E-state index in [0.717, 1.165) is 30.4 Å². The summed E-state index contributed by atoms with van der Waals surface area (Å²) in [5, 5.41) is 0. The molecule has 1 aliphatic carbocycles. The van der Waals surface area contributed by atoms with Gasteiger partial charge >= 0.3 is 0 Å². The molecule has 0 heterocycles. The Balaban J connectivity index is 0.00000139. The van der Waals surface area contributed by atoms with Crippen molar-refractivity contribution in [2.45, 2.75) is 31.1 Å². The van der Waals surface area contributed by atoms with Crippen molar-refractivity contribution in [1.82, 2.24) is 0 Å². The summed E-state index contributed by atoms with van der Waals surface area (Å²) in [7, 11) is -3.17. The summed E-state index contributed by atoms with van der Waals surface area (Å²) < 4.78 is 35.4. The van der Waals surface area contributed by atoms with Crippen LogP contribution in [0.3, 0.4) is 0 Å². The van der Waals surface area contributed by atoms with E-state index in [2.05, 4.69) is 12.8 Å². The molecule has 0 N–H and O–H groups in total. The summed E-state index contributed by atoms with van der Waals surface area (Å²) in [5.41, 5.74) is 4.57. The molecule has 0 fully saturated rings. The van der Waals surface area contributed by atoms with Gasteiger partial charge in [-0.05, 0) is 60.6 Å². The molecule has 0 radical (unpaired) electrons. The predicted octanol–water partition coefficient (Wildman–Crippen LogP) is 4.75.